The van der Waals surface area contributed by atoms with Crippen molar-refractivity contribution in [3.8, 4) is 0 Å². The molecule has 2 N–H and O–H groups in total. The first-order chi connectivity index (χ1) is 13.2. The number of carbonyl (C=O) groups excluding carboxylic acids is 1. The minimum absolute atomic E-state index is 0.230. The van der Waals surface area contributed by atoms with E-state index in [1.54, 1.807) is 0 Å². The van der Waals surface area contributed by atoms with E-state index >= 15 is 0 Å². The molecule has 0 aliphatic carbocycles. The molecule has 0 aliphatic heterocycles. The van der Waals surface area contributed by atoms with Crippen LogP contribution < -0.4 is 5.32 Å². The number of nitrogens with one attached hydrogen (secondary N) is 1. The van der Waals surface area contributed by atoms with Crippen molar-refractivity contribution in [3.63, 3.8) is 0 Å². The van der Waals surface area contributed by atoms with Gasteiger partial charge in [0.05, 0.1) is 5.92 Å². The Morgan fingerprint density at radius 3 is 1.89 bits per heavy atom. The first-order valence-corrected chi connectivity index (χ1v) is 9.51. The third kappa shape index (κ3) is 7.53. The van der Waals surface area contributed by atoms with Crippen LogP contribution in [0.2, 0.25) is 0 Å². The molecule has 2 aromatic carbocycles. The summed E-state index contributed by atoms with van der Waals surface area (Å²) < 4.78 is 5.56. The van der Waals surface area contributed by atoms with Crippen LogP contribution in [0.5, 0.6) is 0 Å². The quantitative estimate of drug-likeness (QED) is 0.649. The SMILES string of the molecule is CC(C)(C)OC(=O)[C@H](CNC(Cc1ccccc1)C(=O)O)Cc1ccccc1. The molecule has 0 aliphatic rings. The summed E-state index contributed by atoms with van der Waals surface area (Å²) >= 11 is 0. The maximum atomic E-state index is 12.7. The van der Waals surface area contributed by atoms with Crippen LogP contribution >= 0.6 is 0 Å². The van der Waals surface area contributed by atoms with E-state index in [2.05, 4.69) is 5.32 Å². The average Bonchev–Trinajstić information content (AvgIpc) is 2.64. The molecule has 0 heterocycles. The molecule has 0 amide bonds. The molecule has 0 aromatic heterocycles. The van der Waals surface area contributed by atoms with Crippen molar-refractivity contribution in [1.29, 1.82) is 0 Å². The maximum absolute atomic E-state index is 12.7. The van der Waals surface area contributed by atoms with Gasteiger partial charge in [0, 0.05) is 6.54 Å². The van der Waals surface area contributed by atoms with E-state index in [0.717, 1.165) is 11.1 Å². The fourth-order valence-electron chi connectivity index (χ4n) is 2.90. The van der Waals surface area contributed by atoms with Gasteiger partial charge in [0.1, 0.15) is 11.6 Å². The van der Waals surface area contributed by atoms with E-state index in [0.29, 0.717) is 12.8 Å². The summed E-state index contributed by atoms with van der Waals surface area (Å²) in [5.74, 6) is -1.74. The van der Waals surface area contributed by atoms with Gasteiger partial charge in [-0.15, -0.1) is 0 Å². The van der Waals surface area contributed by atoms with Gasteiger partial charge in [0.25, 0.3) is 0 Å². The Kier molecular flexibility index (Phi) is 7.76. The smallest absolute Gasteiger partial charge is 0.321 e. The zero-order valence-corrected chi connectivity index (χ0v) is 16.7. The largest absolute Gasteiger partial charge is 0.480 e. The van der Waals surface area contributed by atoms with Gasteiger partial charge in [-0.25, -0.2) is 0 Å². The van der Waals surface area contributed by atoms with Crippen molar-refractivity contribution in [2.45, 2.75) is 45.3 Å². The minimum Gasteiger partial charge on any atom is -0.480 e. The average molecular weight is 383 g/mol. The van der Waals surface area contributed by atoms with E-state index < -0.39 is 23.5 Å². The summed E-state index contributed by atoms with van der Waals surface area (Å²) in [7, 11) is 0. The highest BCUT2D eigenvalue weighted by Crippen LogP contribution is 2.16. The van der Waals surface area contributed by atoms with Gasteiger partial charge >= 0.3 is 11.9 Å². The van der Waals surface area contributed by atoms with Gasteiger partial charge in [-0.1, -0.05) is 60.7 Å². The summed E-state index contributed by atoms with van der Waals surface area (Å²) in [6.45, 7) is 5.71. The van der Waals surface area contributed by atoms with E-state index in [4.69, 9.17) is 4.74 Å². The topological polar surface area (TPSA) is 75.6 Å². The van der Waals surface area contributed by atoms with Crippen LogP contribution in [0, 0.1) is 5.92 Å². The van der Waals surface area contributed by atoms with Gasteiger partial charge in [0.15, 0.2) is 0 Å². The third-order valence-electron chi connectivity index (χ3n) is 4.26. The van der Waals surface area contributed by atoms with Crippen LogP contribution in [0.3, 0.4) is 0 Å². The Morgan fingerprint density at radius 2 is 1.43 bits per heavy atom. The Labute approximate surface area is 166 Å². The van der Waals surface area contributed by atoms with Crippen LogP contribution in [0.15, 0.2) is 60.7 Å². The molecule has 0 radical (unpaired) electrons. The zero-order chi connectivity index (χ0) is 20.6. The Balaban J connectivity index is 2.08. The molecule has 5 heteroatoms. The van der Waals surface area contributed by atoms with Gasteiger partial charge in [0.2, 0.25) is 0 Å². The highest BCUT2D eigenvalue weighted by molar-refractivity contribution is 5.75. The normalized spacial score (nSPS) is 13.5. The summed E-state index contributed by atoms with van der Waals surface area (Å²) in [5.41, 5.74) is 1.34. The maximum Gasteiger partial charge on any atom is 0.321 e. The molecule has 0 saturated heterocycles. The molecule has 5 nitrogen and oxygen atoms in total. The number of benzene rings is 2. The van der Waals surface area contributed by atoms with Crippen LogP contribution in [0.1, 0.15) is 31.9 Å². The second-order valence-corrected chi connectivity index (χ2v) is 7.91. The van der Waals surface area contributed by atoms with Crippen LogP contribution in [0.4, 0.5) is 0 Å². The van der Waals surface area contributed by atoms with Crippen molar-refractivity contribution < 1.29 is 19.4 Å². The minimum atomic E-state index is -0.938. The molecule has 2 atom stereocenters. The highest BCUT2D eigenvalue weighted by Gasteiger charge is 2.27. The van der Waals surface area contributed by atoms with Crippen LogP contribution in [0.25, 0.3) is 0 Å². The molecule has 0 spiro atoms. The number of carboxylic acids is 1. The number of hydrogen-bond donors (Lipinski definition) is 2. The standard InChI is InChI=1S/C23H29NO4/c1-23(2,3)28-22(27)19(14-17-10-6-4-7-11-17)16-24-20(21(25)26)15-18-12-8-5-9-13-18/h4-13,19-20,24H,14-16H2,1-3H3,(H,25,26)/t19-,20?/m0/s1. The molecule has 2 aromatic rings. The number of hydrogen-bond acceptors (Lipinski definition) is 4. The lowest BCUT2D eigenvalue weighted by atomic mass is 9.98. The fourth-order valence-corrected chi connectivity index (χ4v) is 2.90. The Hall–Kier alpha value is -2.66. The molecule has 0 bridgehead atoms. The lowest BCUT2D eigenvalue weighted by Crippen LogP contribution is -2.44. The second kappa shape index (κ2) is 10.0. The van der Waals surface area contributed by atoms with Gasteiger partial charge in [-0.3, -0.25) is 9.59 Å². The van der Waals surface area contributed by atoms with Gasteiger partial charge < -0.3 is 15.2 Å². The van der Waals surface area contributed by atoms with Crippen molar-refractivity contribution in [2.24, 2.45) is 5.92 Å². The summed E-state index contributed by atoms with van der Waals surface area (Å²) in [6, 6.07) is 18.3. The fraction of sp³-hybridized carbons (Fsp3) is 0.391. The molecular weight excluding hydrogens is 354 g/mol. The van der Waals surface area contributed by atoms with Gasteiger partial charge in [-0.2, -0.15) is 0 Å². The lowest BCUT2D eigenvalue weighted by Gasteiger charge is -2.25. The molecule has 1 unspecified atom stereocenters. The predicted octanol–water partition coefficient (Wildman–Crippen LogP) is 3.47. The van der Waals surface area contributed by atoms with E-state index in [9.17, 15) is 14.7 Å². The molecule has 2 rings (SSSR count). The summed E-state index contributed by atoms with van der Waals surface area (Å²) in [6.07, 6.45) is 0.836. The van der Waals surface area contributed by atoms with E-state index in [-0.39, 0.29) is 12.5 Å². The number of aliphatic carboxylic acids is 1. The zero-order valence-electron chi connectivity index (χ0n) is 16.7. The second-order valence-electron chi connectivity index (χ2n) is 7.91. The van der Waals surface area contributed by atoms with Crippen molar-refractivity contribution in [3.05, 3.63) is 71.8 Å². The number of rotatable bonds is 9. The number of esters is 1. The lowest BCUT2D eigenvalue weighted by molar-refractivity contribution is -0.160. The van der Waals surface area contributed by atoms with E-state index in [1.807, 2.05) is 81.4 Å². The number of carboxylic acid groups (broad SMARTS) is 1. The molecular formula is C23H29NO4. The number of carbonyl (C=O) groups is 2. The first-order valence-electron chi connectivity index (χ1n) is 9.51. The van der Waals surface area contributed by atoms with Crippen LogP contribution in [-0.2, 0) is 27.2 Å². The molecule has 28 heavy (non-hydrogen) atoms. The monoisotopic (exact) mass is 383 g/mol. The molecule has 150 valence electrons. The Morgan fingerprint density at radius 1 is 0.929 bits per heavy atom. The predicted molar refractivity (Wildman–Crippen MR) is 109 cm³/mol. The number of ether oxygens (including phenoxy) is 1. The Bertz CT molecular complexity index is 753. The first kappa shape index (κ1) is 21.6. The molecule has 0 fully saturated rings. The molecule has 0 saturated carbocycles. The summed E-state index contributed by atoms with van der Waals surface area (Å²) in [4.78, 5) is 24.4. The van der Waals surface area contributed by atoms with Crippen LogP contribution in [-0.4, -0.2) is 35.2 Å². The van der Waals surface area contributed by atoms with Crippen molar-refractivity contribution >= 4 is 11.9 Å². The van der Waals surface area contributed by atoms with Crippen molar-refractivity contribution in [1.82, 2.24) is 5.32 Å². The van der Waals surface area contributed by atoms with Gasteiger partial charge in [-0.05, 0) is 44.7 Å². The highest BCUT2D eigenvalue weighted by atomic mass is 16.6. The third-order valence-corrected chi connectivity index (χ3v) is 4.26. The summed E-state index contributed by atoms with van der Waals surface area (Å²) in [5, 5.41) is 12.6. The van der Waals surface area contributed by atoms with E-state index in [1.165, 1.54) is 0 Å². The van der Waals surface area contributed by atoms with Crippen molar-refractivity contribution in [2.75, 3.05) is 6.54 Å².